The number of morpholine rings is 1. The molecule has 0 aromatic heterocycles. The monoisotopic (exact) mass is 374 g/mol. The molecule has 134 valence electrons. The van der Waals surface area contributed by atoms with Crippen LogP contribution in [0.1, 0.15) is 34.5 Å². The van der Waals surface area contributed by atoms with Crippen LogP contribution in [0, 0.1) is 0 Å². The van der Waals surface area contributed by atoms with E-state index >= 15 is 0 Å². The smallest absolute Gasteiger partial charge is 0.338 e. The first kappa shape index (κ1) is 19.5. The number of nitrogens with zero attached hydrogens (tertiary/aromatic N) is 1. The third-order valence-corrected chi connectivity index (χ3v) is 4.90. The van der Waals surface area contributed by atoms with E-state index in [1.165, 1.54) is 5.56 Å². The number of rotatable bonds is 1. The molecule has 0 unspecified atom stereocenters. The number of benzene rings is 1. The Bertz CT molecular complexity index is 599. The molecular weight excluding hydrogens is 351 g/mol. The van der Waals surface area contributed by atoms with Gasteiger partial charge in [0.1, 0.15) is 6.10 Å². The predicted octanol–water partition coefficient (Wildman–Crippen LogP) is 1.98. The van der Waals surface area contributed by atoms with Crippen molar-refractivity contribution in [1.29, 1.82) is 0 Å². The molecule has 3 atom stereocenters. The number of hydrogen-bond donors (Lipinski definition) is 1. The van der Waals surface area contributed by atoms with Crippen molar-refractivity contribution in [2.75, 3.05) is 32.8 Å². The summed E-state index contributed by atoms with van der Waals surface area (Å²) in [6.07, 6.45) is 0.853. The highest BCUT2D eigenvalue weighted by molar-refractivity contribution is 5.92. The highest BCUT2D eigenvalue weighted by Gasteiger charge is 2.32. The molecule has 7 heteroatoms. The van der Waals surface area contributed by atoms with Gasteiger partial charge in [-0.2, -0.15) is 0 Å². The summed E-state index contributed by atoms with van der Waals surface area (Å²) < 4.78 is 11.4. The summed E-state index contributed by atoms with van der Waals surface area (Å²) in [5, 5.41) is 3.42. The first-order valence-corrected chi connectivity index (χ1v) is 8.11. The first-order chi connectivity index (χ1) is 10.7. The molecule has 24 heavy (non-hydrogen) atoms. The van der Waals surface area contributed by atoms with Crippen molar-refractivity contribution in [3.8, 4) is 0 Å². The molecule has 2 saturated heterocycles. The minimum atomic E-state index is -0.202. The maximum absolute atomic E-state index is 11.9. The van der Waals surface area contributed by atoms with Gasteiger partial charge in [0.2, 0.25) is 0 Å². The molecule has 0 aliphatic carbocycles. The molecule has 1 aromatic rings. The number of esters is 1. The number of hydrogen-bond acceptors (Lipinski definition) is 5. The predicted molar refractivity (Wildman–Crippen MR) is 96.4 cm³/mol. The Morgan fingerprint density at radius 1 is 1.29 bits per heavy atom. The van der Waals surface area contributed by atoms with Crippen LogP contribution >= 0.6 is 24.8 Å². The molecule has 3 aliphatic rings. The maximum atomic E-state index is 11.9. The van der Waals surface area contributed by atoms with Crippen LogP contribution in [0.5, 0.6) is 0 Å². The van der Waals surface area contributed by atoms with E-state index in [1.54, 1.807) is 0 Å². The molecule has 2 fully saturated rings. The first-order valence-electron chi connectivity index (χ1n) is 8.11. The number of nitrogens with one attached hydrogen (secondary N) is 1. The molecule has 0 spiro atoms. The largest absolute Gasteiger partial charge is 0.459 e. The summed E-state index contributed by atoms with van der Waals surface area (Å²) in [5.74, 6) is -0.202. The van der Waals surface area contributed by atoms with Gasteiger partial charge < -0.3 is 14.8 Å². The van der Waals surface area contributed by atoms with Crippen molar-refractivity contribution in [2.45, 2.75) is 31.6 Å². The lowest BCUT2D eigenvalue weighted by atomic mass is 9.94. The second-order valence-corrected chi connectivity index (χ2v) is 6.51. The summed E-state index contributed by atoms with van der Waals surface area (Å²) in [7, 11) is 0. The molecule has 0 saturated carbocycles. The van der Waals surface area contributed by atoms with Crippen molar-refractivity contribution < 1.29 is 14.3 Å². The number of fused-ring (bicyclic) bond motifs is 2. The zero-order valence-electron chi connectivity index (χ0n) is 13.7. The quantitative estimate of drug-likeness (QED) is 0.761. The number of piperazine rings is 1. The summed E-state index contributed by atoms with van der Waals surface area (Å²) >= 11 is 0. The molecule has 0 amide bonds. The molecule has 0 radical (unpaired) electrons. The molecule has 5 nitrogen and oxygen atoms in total. The third kappa shape index (κ3) is 3.70. The lowest BCUT2D eigenvalue weighted by molar-refractivity contribution is -0.0718. The van der Waals surface area contributed by atoms with Crippen LogP contribution in [0.25, 0.3) is 0 Å². The Hall–Kier alpha value is -0.850. The fraction of sp³-hybridized carbons (Fsp3) is 0.588. The maximum Gasteiger partial charge on any atom is 0.338 e. The van der Waals surface area contributed by atoms with E-state index in [4.69, 9.17) is 9.47 Å². The minimum Gasteiger partial charge on any atom is -0.459 e. The zero-order chi connectivity index (χ0) is 15.1. The second-order valence-electron chi connectivity index (χ2n) is 6.51. The Kier molecular flexibility index (Phi) is 6.51. The summed E-state index contributed by atoms with van der Waals surface area (Å²) in [4.78, 5) is 14.4. The Morgan fingerprint density at radius 3 is 2.96 bits per heavy atom. The topological polar surface area (TPSA) is 50.8 Å². The van der Waals surface area contributed by atoms with Gasteiger partial charge in [-0.3, -0.25) is 4.90 Å². The fourth-order valence-electron chi connectivity index (χ4n) is 3.68. The summed E-state index contributed by atoms with van der Waals surface area (Å²) in [6, 6.07) is 6.55. The average molecular weight is 375 g/mol. The van der Waals surface area contributed by atoms with E-state index in [9.17, 15) is 4.79 Å². The van der Waals surface area contributed by atoms with E-state index in [0.717, 1.165) is 44.8 Å². The highest BCUT2D eigenvalue weighted by Crippen LogP contribution is 2.29. The summed E-state index contributed by atoms with van der Waals surface area (Å²) in [6.45, 7) is 6.80. The van der Waals surface area contributed by atoms with E-state index in [1.807, 2.05) is 19.1 Å². The van der Waals surface area contributed by atoms with Crippen LogP contribution in [0.4, 0.5) is 0 Å². The van der Waals surface area contributed by atoms with E-state index in [0.29, 0.717) is 11.6 Å². The van der Waals surface area contributed by atoms with Crippen LogP contribution in [0.3, 0.4) is 0 Å². The SMILES string of the molecule is C[C@H]1Cc2cc([C@@H]3CN4CCNC[C@@H]4CO3)ccc2C(=O)O1.Cl.Cl. The average Bonchev–Trinajstić information content (AvgIpc) is 2.53. The van der Waals surface area contributed by atoms with Gasteiger partial charge in [-0.25, -0.2) is 4.79 Å². The number of ether oxygens (including phenoxy) is 2. The molecule has 1 N–H and O–H groups in total. The van der Waals surface area contributed by atoms with Gasteiger partial charge in [-0.15, -0.1) is 24.8 Å². The van der Waals surface area contributed by atoms with Gasteiger partial charge in [-0.1, -0.05) is 12.1 Å². The third-order valence-electron chi connectivity index (χ3n) is 4.90. The van der Waals surface area contributed by atoms with Gasteiger partial charge in [-0.05, 0) is 24.1 Å². The molecule has 4 rings (SSSR count). The normalized spacial score (nSPS) is 29.4. The van der Waals surface area contributed by atoms with Crippen molar-refractivity contribution in [3.63, 3.8) is 0 Å². The molecule has 0 bridgehead atoms. The number of carbonyl (C=O) groups excluding carboxylic acids is 1. The zero-order valence-corrected chi connectivity index (χ0v) is 15.3. The highest BCUT2D eigenvalue weighted by atomic mass is 35.5. The van der Waals surface area contributed by atoms with Gasteiger partial charge >= 0.3 is 5.97 Å². The fourth-order valence-corrected chi connectivity index (χ4v) is 3.68. The number of cyclic esters (lactones) is 1. The van der Waals surface area contributed by atoms with Crippen molar-refractivity contribution in [3.05, 3.63) is 34.9 Å². The van der Waals surface area contributed by atoms with E-state index in [2.05, 4.69) is 16.3 Å². The van der Waals surface area contributed by atoms with Crippen LogP contribution in [0.15, 0.2) is 18.2 Å². The Labute approximate surface area is 154 Å². The van der Waals surface area contributed by atoms with Crippen LogP contribution in [-0.2, 0) is 15.9 Å². The van der Waals surface area contributed by atoms with Crippen LogP contribution < -0.4 is 5.32 Å². The standard InChI is InChI=1S/C17H22N2O3.2ClH/c1-11-6-13-7-12(2-3-15(13)17(20)22-11)16-9-19-5-4-18-8-14(19)10-21-16;;/h2-3,7,11,14,16,18H,4-6,8-10H2,1H3;2*1H/t11-,14+,16-;;/m0../s1. The van der Waals surface area contributed by atoms with Crippen molar-refractivity contribution >= 4 is 30.8 Å². The van der Waals surface area contributed by atoms with E-state index in [-0.39, 0.29) is 43.0 Å². The molecule has 3 heterocycles. The second kappa shape index (κ2) is 8.02. The summed E-state index contributed by atoms with van der Waals surface area (Å²) in [5.41, 5.74) is 2.97. The molecular formula is C17H24Cl2N2O3. The van der Waals surface area contributed by atoms with Crippen molar-refractivity contribution in [1.82, 2.24) is 10.2 Å². The van der Waals surface area contributed by atoms with Crippen LogP contribution in [-0.4, -0.2) is 55.8 Å². The Morgan fingerprint density at radius 2 is 2.12 bits per heavy atom. The molecule has 3 aliphatic heterocycles. The minimum absolute atomic E-state index is 0. The van der Waals surface area contributed by atoms with Gasteiger partial charge in [0.25, 0.3) is 0 Å². The van der Waals surface area contributed by atoms with E-state index < -0.39 is 0 Å². The van der Waals surface area contributed by atoms with Gasteiger partial charge in [0, 0.05) is 38.6 Å². The van der Waals surface area contributed by atoms with Crippen LogP contribution in [0.2, 0.25) is 0 Å². The number of halogens is 2. The van der Waals surface area contributed by atoms with Gasteiger partial charge in [0.05, 0.1) is 18.3 Å². The molecule has 1 aromatic carbocycles. The van der Waals surface area contributed by atoms with Crippen molar-refractivity contribution in [2.24, 2.45) is 0 Å². The Balaban J connectivity index is 0.00000104. The lowest BCUT2D eigenvalue weighted by Crippen LogP contribution is -2.57. The lowest BCUT2D eigenvalue weighted by Gasteiger charge is -2.42. The number of carbonyl (C=O) groups is 1. The van der Waals surface area contributed by atoms with Gasteiger partial charge in [0.15, 0.2) is 0 Å².